The lowest BCUT2D eigenvalue weighted by molar-refractivity contribution is -0.124. The fourth-order valence-electron chi connectivity index (χ4n) is 3.33. The van der Waals surface area contributed by atoms with Gasteiger partial charge in [-0.25, -0.2) is 9.69 Å². The SMILES string of the molecule is CCCOc1ccc(NC(=O)C[C@@H]2C(=O)N(c3ccccc3)C(=O)N2CCOC)cc1. The summed E-state index contributed by atoms with van der Waals surface area (Å²) in [4.78, 5) is 41.1. The monoisotopic (exact) mass is 425 g/mol. The Labute approximate surface area is 181 Å². The Kier molecular flexibility index (Phi) is 7.61. The summed E-state index contributed by atoms with van der Waals surface area (Å²) in [6.07, 6.45) is 0.762. The highest BCUT2D eigenvalue weighted by atomic mass is 16.5. The van der Waals surface area contributed by atoms with E-state index in [4.69, 9.17) is 9.47 Å². The van der Waals surface area contributed by atoms with Crippen molar-refractivity contribution in [2.45, 2.75) is 25.8 Å². The fourth-order valence-corrected chi connectivity index (χ4v) is 3.33. The normalized spacial score (nSPS) is 16.0. The van der Waals surface area contributed by atoms with E-state index in [2.05, 4.69) is 5.32 Å². The molecule has 1 saturated heterocycles. The second-order valence-electron chi connectivity index (χ2n) is 7.12. The lowest BCUT2D eigenvalue weighted by atomic mass is 10.1. The van der Waals surface area contributed by atoms with E-state index in [1.165, 1.54) is 12.0 Å². The number of carbonyl (C=O) groups is 3. The van der Waals surface area contributed by atoms with Crippen molar-refractivity contribution < 1.29 is 23.9 Å². The maximum Gasteiger partial charge on any atom is 0.332 e. The average Bonchev–Trinajstić information content (AvgIpc) is 3.01. The van der Waals surface area contributed by atoms with Gasteiger partial charge in [0.05, 0.1) is 25.3 Å². The number of rotatable bonds is 10. The fraction of sp³-hybridized carbons (Fsp3) is 0.348. The molecule has 4 amide bonds. The molecule has 1 aliphatic heterocycles. The zero-order valence-corrected chi connectivity index (χ0v) is 17.7. The van der Waals surface area contributed by atoms with Gasteiger partial charge in [-0.3, -0.25) is 9.59 Å². The molecular weight excluding hydrogens is 398 g/mol. The summed E-state index contributed by atoms with van der Waals surface area (Å²) in [5, 5.41) is 2.78. The van der Waals surface area contributed by atoms with E-state index < -0.39 is 18.0 Å². The number of para-hydroxylation sites is 1. The molecule has 31 heavy (non-hydrogen) atoms. The summed E-state index contributed by atoms with van der Waals surface area (Å²) < 4.78 is 10.6. The Morgan fingerprint density at radius 1 is 1.03 bits per heavy atom. The van der Waals surface area contributed by atoms with E-state index in [0.29, 0.717) is 18.0 Å². The lowest BCUT2D eigenvalue weighted by Gasteiger charge is -2.21. The second-order valence-corrected chi connectivity index (χ2v) is 7.12. The minimum atomic E-state index is -0.894. The highest BCUT2D eigenvalue weighted by Gasteiger charge is 2.46. The van der Waals surface area contributed by atoms with Crippen LogP contribution in [-0.4, -0.2) is 55.7 Å². The molecule has 0 aliphatic carbocycles. The molecule has 1 heterocycles. The van der Waals surface area contributed by atoms with Gasteiger partial charge in [0.15, 0.2) is 0 Å². The summed E-state index contributed by atoms with van der Waals surface area (Å²) in [6.45, 7) is 3.13. The van der Waals surface area contributed by atoms with E-state index in [0.717, 1.165) is 17.1 Å². The number of methoxy groups -OCH3 is 1. The topological polar surface area (TPSA) is 88.2 Å². The van der Waals surface area contributed by atoms with Gasteiger partial charge in [-0.05, 0) is 42.8 Å². The molecule has 0 radical (unpaired) electrons. The predicted molar refractivity (Wildman–Crippen MR) is 117 cm³/mol. The van der Waals surface area contributed by atoms with E-state index >= 15 is 0 Å². The van der Waals surface area contributed by atoms with Crippen LogP contribution in [-0.2, 0) is 14.3 Å². The maximum atomic E-state index is 13.0. The number of ether oxygens (including phenoxy) is 2. The molecule has 0 aromatic heterocycles. The molecule has 8 heteroatoms. The highest BCUT2D eigenvalue weighted by molar-refractivity contribution is 6.22. The number of hydrogen-bond donors (Lipinski definition) is 1. The Morgan fingerprint density at radius 2 is 1.74 bits per heavy atom. The number of urea groups is 1. The molecule has 1 N–H and O–H groups in total. The minimum Gasteiger partial charge on any atom is -0.494 e. The average molecular weight is 425 g/mol. The van der Waals surface area contributed by atoms with Crippen LogP contribution >= 0.6 is 0 Å². The number of nitrogens with zero attached hydrogens (tertiary/aromatic N) is 2. The summed E-state index contributed by atoms with van der Waals surface area (Å²) in [7, 11) is 1.52. The van der Waals surface area contributed by atoms with Gasteiger partial charge in [0.2, 0.25) is 5.91 Å². The van der Waals surface area contributed by atoms with Crippen LogP contribution in [0.4, 0.5) is 16.2 Å². The molecule has 3 rings (SSSR count). The summed E-state index contributed by atoms with van der Waals surface area (Å²) in [6, 6.07) is 14.4. The van der Waals surface area contributed by atoms with Crippen LogP contribution in [0.5, 0.6) is 5.75 Å². The van der Waals surface area contributed by atoms with Gasteiger partial charge in [-0.1, -0.05) is 25.1 Å². The zero-order chi connectivity index (χ0) is 22.2. The van der Waals surface area contributed by atoms with Crippen molar-refractivity contribution in [3.63, 3.8) is 0 Å². The first-order chi connectivity index (χ1) is 15.0. The van der Waals surface area contributed by atoms with Crippen LogP contribution in [0.1, 0.15) is 19.8 Å². The van der Waals surface area contributed by atoms with Crippen molar-refractivity contribution in [2.75, 3.05) is 37.1 Å². The molecule has 0 bridgehead atoms. The third-order valence-electron chi connectivity index (χ3n) is 4.86. The molecule has 1 fully saturated rings. The third-order valence-corrected chi connectivity index (χ3v) is 4.86. The maximum absolute atomic E-state index is 13.0. The van der Waals surface area contributed by atoms with Gasteiger partial charge < -0.3 is 19.7 Å². The molecule has 1 aliphatic rings. The van der Waals surface area contributed by atoms with Crippen molar-refractivity contribution in [3.05, 3.63) is 54.6 Å². The molecule has 0 unspecified atom stereocenters. The van der Waals surface area contributed by atoms with E-state index in [1.54, 1.807) is 54.6 Å². The lowest BCUT2D eigenvalue weighted by Crippen LogP contribution is -2.39. The van der Waals surface area contributed by atoms with E-state index in [9.17, 15) is 14.4 Å². The number of benzene rings is 2. The van der Waals surface area contributed by atoms with Crippen molar-refractivity contribution in [1.82, 2.24) is 4.90 Å². The van der Waals surface area contributed by atoms with Crippen molar-refractivity contribution in [2.24, 2.45) is 0 Å². The summed E-state index contributed by atoms with van der Waals surface area (Å²) in [5.41, 5.74) is 1.07. The quantitative estimate of drug-likeness (QED) is 0.590. The minimum absolute atomic E-state index is 0.147. The summed E-state index contributed by atoms with van der Waals surface area (Å²) >= 11 is 0. The van der Waals surface area contributed by atoms with Crippen molar-refractivity contribution >= 4 is 29.2 Å². The van der Waals surface area contributed by atoms with Gasteiger partial charge in [0.25, 0.3) is 5.91 Å². The molecule has 2 aromatic rings. The first-order valence-electron chi connectivity index (χ1n) is 10.3. The van der Waals surface area contributed by atoms with Gasteiger partial charge in [0, 0.05) is 19.3 Å². The van der Waals surface area contributed by atoms with Gasteiger partial charge >= 0.3 is 6.03 Å². The molecular formula is C23H27N3O5. The molecule has 2 aromatic carbocycles. The number of nitrogens with one attached hydrogen (secondary N) is 1. The molecule has 8 nitrogen and oxygen atoms in total. The van der Waals surface area contributed by atoms with Crippen LogP contribution in [0.15, 0.2) is 54.6 Å². The number of anilines is 2. The molecule has 0 spiro atoms. The van der Waals surface area contributed by atoms with Gasteiger partial charge in [-0.15, -0.1) is 0 Å². The predicted octanol–water partition coefficient (Wildman–Crippen LogP) is 3.29. The number of carbonyl (C=O) groups excluding carboxylic acids is 3. The number of amides is 4. The first-order valence-corrected chi connectivity index (χ1v) is 10.3. The highest BCUT2D eigenvalue weighted by Crippen LogP contribution is 2.27. The zero-order valence-electron chi connectivity index (χ0n) is 17.7. The van der Waals surface area contributed by atoms with Crippen LogP contribution in [0.25, 0.3) is 0 Å². The van der Waals surface area contributed by atoms with Crippen molar-refractivity contribution in [1.29, 1.82) is 0 Å². The standard InChI is InChI=1S/C23H27N3O5/c1-3-14-31-19-11-9-17(10-12-19)24-21(27)16-20-22(28)26(18-7-5-4-6-8-18)23(29)25(20)13-15-30-2/h4-12,20H,3,13-16H2,1-2H3,(H,24,27)/t20-/m1/s1. The Hall–Kier alpha value is -3.39. The van der Waals surface area contributed by atoms with Crippen LogP contribution in [0, 0.1) is 0 Å². The molecule has 164 valence electrons. The molecule has 1 atom stereocenters. The third kappa shape index (κ3) is 5.40. The number of hydrogen-bond acceptors (Lipinski definition) is 5. The summed E-state index contributed by atoms with van der Waals surface area (Å²) in [5.74, 6) is -0.0582. The Balaban J connectivity index is 1.70. The smallest absolute Gasteiger partial charge is 0.332 e. The Bertz CT molecular complexity index is 901. The molecule has 0 saturated carbocycles. The van der Waals surface area contributed by atoms with Crippen molar-refractivity contribution in [3.8, 4) is 5.75 Å². The largest absolute Gasteiger partial charge is 0.494 e. The van der Waals surface area contributed by atoms with E-state index in [1.807, 2.05) is 6.92 Å². The van der Waals surface area contributed by atoms with Gasteiger partial charge in [-0.2, -0.15) is 0 Å². The van der Waals surface area contributed by atoms with Crippen LogP contribution in [0.3, 0.4) is 0 Å². The Morgan fingerprint density at radius 3 is 2.39 bits per heavy atom. The van der Waals surface area contributed by atoms with Crippen LogP contribution < -0.4 is 15.0 Å². The van der Waals surface area contributed by atoms with Gasteiger partial charge in [0.1, 0.15) is 11.8 Å². The van der Waals surface area contributed by atoms with E-state index in [-0.39, 0.29) is 25.5 Å². The number of imide groups is 1. The second kappa shape index (κ2) is 10.6. The first kappa shape index (κ1) is 22.3. The van der Waals surface area contributed by atoms with Crippen LogP contribution in [0.2, 0.25) is 0 Å².